The van der Waals surface area contributed by atoms with E-state index in [2.05, 4.69) is 19.2 Å². The Kier molecular flexibility index (Phi) is 4.58. The summed E-state index contributed by atoms with van der Waals surface area (Å²) in [4.78, 5) is 11.8. The second-order valence-corrected chi connectivity index (χ2v) is 4.61. The zero-order valence-electron chi connectivity index (χ0n) is 10.1. The number of ether oxygens (including phenoxy) is 1. The summed E-state index contributed by atoms with van der Waals surface area (Å²) in [5.74, 6) is -0.0769. The van der Waals surface area contributed by atoms with Crippen LogP contribution in [-0.4, -0.2) is 24.2 Å². The van der Waals surface area contributed by atoms with Crippen molar-refractivity contribution in [1.82, 2.24) is 5.32 Å². The van der Waals surface area contributed by atoms with Gasteiger partial charge in [0.2, 0.25) is 0 Å². The van der Waals surface area contributed by atoms with Crippen LogP contribution in [-0.2, 0) is 9.53 Å². The summed E-state index contributed by atoms with van der Waals surface area (Å²) >= 11 is 0. The predicted octanol–water partition coefficient (Wildman–Crippen LogP) is 2.25. The van der Waals surface area contributed by atoms with Gasteiger partial charge in [-0.15, -0.1) is 0 Å². The fourth-order valence-corrected chi connectivity index (χ4v) is 1.99. The lowest BCUT2D eigenvalue weighted by Gasteiger charge is -2.23. The molecule has 3 heteroatoms. The van der Waals surface area contributed by atoms with Gasteiger partial charge in [0.15, 0.2) is 0 Å². The molecule has 0 aliphatic carbocycles. The fraction of sp³-hybridized carbons (Fsp3) is 0.917. The highest BCUT2D eigenvalue weighted by atomic mass is 16.5. The summed E-state index contributed by atoms with van der Waals surface area (Å²) in [5, 5.41) is 3.37. The van der Waals surface area contributed by atoms with Crippen molar-refractivity contribution in [2.45, 2.75) is 64.5 Å². The first-order valence-electron chi connectivity index (χ1n) is 6.07. The molecule has 1 rings (SSSR count). The van der Waals surface area contributed by atoms with E-state index in [1.165, 1.54) is 0 Å². The van der Waals surface area contributed by atoms with Crippen LogP contribution >= 0.6 is 0 Å². The highest BCUT2D eigenvalue weighted by molar-refractivity contribution is 5.80. The largest absolute Gasteiger partial charge is 0.464 e. The Labute approximate surface area is 92.6 Å². The molecule has 2 unspecified atom stereocenters. The van der Waals surface area contributed by atoms with Crippen LogP contribution in [0.4, 0.5) is 0 Å². The molecule has 0 aromatic rings. The number of carbonyl (C=O) groups is 1. The van der Waals surface area contributed by atoms with E-state index in [0.29, 0.717) is 12.6 Å². The van der Waals surface area contributed by atoms with E-state index in [4.69, 9.17) is 4.74 Å². The molecular formula is C12H23NO2. The van der Waals surface area contributed by atoms with Crippen LogP contribution in [0.2, 0.25) is 0 Å². The van der Waals surface area contributed by atoms with Crippen LogP contribution in [0.25, 0.3) is 0 Å². The number of hydrogen-bond donors (Lipinski definition) is 1. The van der Waals surface area contributed by atoms with Gasteiger partial charge in [0, 0.05) is 6.04 Å². The molecule has 0 amide bonds. The van der Waals surface area contributed by atoms with E-state index in [0.717, 1.165) is 32.1 Å². The molecule has 1 aliphatic rings. The Morgan fingerprint density at radius 1 is 1.53 bits per heavy atom. The lowest BCUT2D eigenvalue weighted by atomic mass is 10.0. The minimum atomic E-state index is -0.436. The maximum atomic E-state index is 11.8. The Morgan fingerprint density at radius 3 is 2.80 bits per heavy atom. The van der Waals surface area contributed by atoms with E-state index < -0.39 is 5.54 Å². The molecule has 1 N–H and O–H groups in total. The third-order valence-corrected chi connectivity index (χ3v) is 3.19. The van der Waals surface area contributed by atoms with Crippen LogP contribution in [0.3, 0.4) is 0 Å². The molecule has 0 bridgehead atoms. The Balaban J connectivity index is 2.38. The zero-order valence-corrected chi connectivity index (χ0v) is 10.1. The molecule has 0 aromatic carbocycles. The second-order valence-electron chi connectivity index (χ2n) is 4.61. The Hall–Kier alpha value is -0.570. The number of unbranched alkanes of at least 4 members (excludes halogenated alkanes) is 1. The highest BCUT2D eigenvalue weighted by Gasteiger charge is 2.41. The summed E-state index contributed by atoms with van der Waals surface area (Å²) in [6.45, 7) is 6.75. The fourth-order valence-electron chi connectivity index (χ4n) is 1.99. The van der Waals surface area contributed by atoms with Crippen LogP contribution in [0.1, 0.15) is 52.9 Å². The minimum absolute atomic E-state index is 0.0769. The molecule has 88 valence electrons. The number of carbonyl (C=O) groups excluding carboxylic acids is 1. The van der Waals surface area contributed by atoms with E-state index in [1.807, 2.05) is 6.92 Å². The van der Waals surface area contributed by atoms with Crippen molar-refractivity contribution in [2.75, 3.05) is 6.61 Å². The number of hydrogen-bond acceptors (Lipinski definition) is 3. The van der Waals surface area contributed by atoms with Crippen molar-refractivity contribution in [3.8, 4) is 0 Å². The molecule has 1 fully saturated rings. The molecular weight excluding hydrogens is 190 g/mol. The van der Waals surface area contributed by atoms with E-state index in [1.54, 1.807) is 0 Å². The van der Waals surface area contributed by atoms with Crippen LogP contribution in [0, 0.1) is 0 Å². The van der Waals surface area contributed by atoms with Crippen LogP contribution in [0.15, 0.2) is 0 Å². The first-order valence-corrected chi connectivity index (χ1v) is 6.07. The van der Waals surface area contributed by atoms with E-state index >= 15 is 0 Å². The van der Waals surface area contributed by atoms with Gasteiger partial charge in [-0.2, -0.15) is 0 Å². The molecule has 1 saturated heterocycles. The van der Waals surface area contributed by atoms with Gasteiger partial charge in [-0.3, -0.25) is 10.1 Å². The summed E-state index contributed by atoms with van der Waals surface area (Å²) in [7, 11) is 0. The van der Waals surface area contributed by atoms with Gasteiger partial charge in [0.1, 0.15) is 5.54 Å². The molecule has 15 heavy (non-hydrogen) atoms. The molecule has 2 atom stereocenters. The Bertz CT molecular complexity index is 218. The predicted molar refractivity (Wildman–Crippen MR) is 60.7 cm³/mol. The molecule has 0 radical (unpaired) electrons. The third kappa shape index (κ3) is 3.20. The topological polar surface area (TPSA) is 38.3 Å². The average Bonchev–Trinajstić information content (AvgIpc) is 2.62. The maximum Gasteiger partial charge on any atom is 0.326 e. The second kappa shape index (κ2) is 5.50. The number of rotatable bonds is 5. The summed E-state index contributed by atoms with van der Waals surface area (Å²) in [5.41, 5.74) is -0.436. The summed E-state index contributed by atoms with van der Waals surface area (Å²) < 4.78 is 5.26. The van der Waals surface area contributed by atoms with Gasteiger partial charge in [-0.05, 0) is 32.6 Å². The van der Waals surface area contributed by atoms with Gasteiger partial charge in [0.05, 0.1) is 6.61 Å². The van der Waals surface area contributed by atoms with Gasteiger partial charge >= 0.3 is 5.97 Å². The first-order chi connectivity index (χ1) is 7.12. The highest BCUT2D eigenvalue weighted by Crippen LogP contribution is 2.25. The average molecular weight is 213 g/mol. The summed E-state index contributed by atoms with van der Waals surface area (Å²) in [6, 6.07) is 0.480. The van der Waals surface area contributed by atoms with Gasteiger partial charge in [-0.25, -0.2) is 0 Å². The zero-order chi connectivity index (χ0) is 11.3. The van der Waals surface area contributed by atoms with Crippen LogP contribution < -0.4 is 5.32 Å². The standard InChI is InChI=1S/C12H23NO2/c1-4-6-9-15-11(14)12(3)8-7-10(5-2)13-12/h10,13H,4-9H2,1-3H3. The molecule has 0 spiro atoms. The van der Waals surface area contributed by atoms with Gasteiger partial charge in [0.25, 0.3) is 0 Å². The first kappa shape index (κ1) is 12.5. The van der Waals surface area contributed by atoms with E-state index in [-0.39, 0.29) is 5.97 Å². The molecule has 1 aliphatic heterocycles. The van der Waals surface area contributed by atoms with Crippen molar-refractivity contribution in [1.29, 1.82) is 0 Å². The minimum Gasteiger partial charge on any atom is -0.464 e. The van der Waals surface area contributed by atoms with E-state index in [9.17, 15) is 4.79 Å². The van der Waals surface area contributed by atoms with Gasteiger partial charge in [-0.1, -0.05) is 20.3 Å². The number of esters is 1. The van der Waals surface area contributed by atoms with Crippen LogP contribution in [0.5, 0.6) is 0 Å². The SMILES string of the molecule is CCCCOC(=O)C1(C)CCC(CC)N1. The van der Waals surface area contributed by atoms with Crippen molar-refractivity contribution < 1.29 is 9.53 Å². The van der Waals surface area contributed by atoms with Crippen molar-refractivity contribution in [3.05, 3.63) is 0 Å². The number of nitrogens with one attached hydrogen (secondary N) is 1. The molecule has 3 nitrogen and oxygen atoms in total. The molecule has 1 heterocycles. The van der Waals surface area contributed by atoms with Crippen molar-refractivity contribution in [3.63, 3.8) is 0 Å². The van der Waals surface area contributed by atoms with Gasteiger partial charge < -0.3 is 4.74 Å². The third-order valence-electron chi connectivity index (χ3n) is 3.19. The summed E-state index contributed by atoms with van der Waals surface area (Å²) in [6.07, 6.45) is 5.08. The maximum absolute atomic E-state index is 11.8. The van der Waals surface area contributed by atoms with Crippen molar-refractivity contribution >= 4 is 5.97 Å². The molecule has 0 saturated carbocycles. The lowest BCUT2D eigenvalue weighted by molar-refractivity contribution is -0.150. The Morgan fingerprint density at radius 2 is 2.27 bits per heavy atom. The normalized spacial score (nSPS) is 30.5. The lowest BCUT2D eigenvalue weighted by Crippen LogP contribution is -2.48. The molecule has 0 aromatic heterocycles. The van der Waals surface area contributed by atoms with Crippen molar-refractivity contribution in [2.24, 2.45) is 0 Å². The monoisotopic (exact) mass is 213 g/mol. The quantitative estimate of drug-likeness (QED) is 0.562. The smallest absolute Gasteiger partial charge is 0.326 e.